The molecule has 0 saturated carbocycles. The second-order valence-electron chi connectivity index (χ2n) is 5.93. The van der Waals surface area contributed by atoms with Gasteiger partial charge in [-0.3, -0.25) is 14.7 Å². The average Bonchev–Trinajstić information content (AvgIpc) is 2.97. The van der Waals surface area contributed by atoms with E-state index in [-0.39, 0.29) is 11.8 Å². The molecule has 2 fully saturated rings. The molecule has 2 aliphatic rings. The number of Topliss-reactive ketones (excluding diaryl/α,β-unsaturated/α-hetero) is 1. The molecule has 3 heterocycles. The highest BCUT2D eigenvalue weighted by molar-refractivity contribution is 6.00. The predicted octanol–water partition coefficient (Wildman–Crippen LogP) is 1.79. The predicted molar refractivity (Wildman–Crippen MR) is 78.9 cm³/mol. The Labute approximate surface area is 120 Å². The van der Waals surface area contributed by atoms with E-state index in [1.807, 2.05) is 19.1 Å². The summed E-state index contributed by atoms with van der Waals surface area (Å²) in [4.78, 5) is 19.4. The average molecular weight is 273 g/mol. The summed E-state index contributed by atoms with van der Waals surface area (Å²) >= 11 is 0. The van der Waals surface area contributed by atoms with Gasteiger partial charge in [0, 0.05) is 23.5 Å². The fraction of sp³-hybridized carbons (Fsp3) is 0.625. The van der Waals surface area contributed by atoms with E-state index in [0.717, 1.165) is 56.6 Å². The maximum Gasteiger partial charge on any atom is 0.181 e. The van der Waals surface area contributed by atoms with Gasteiger partial charge in [-0.05, 0) is 64.4 Å². The molecule has 1 aromatic heterocycles. The Hall–Kier alpha value is -1.26. The van der Waals surface area contributed by atoms with Gasteiger partial charge in [-0.2, -0.15) is 0 Å². The van der Waals surface area contributed by atoms with Gasteiger partial charge in [-0.15, -0.1) is 0 Å². The minimum Gasteiger partial charge on any atom is -0.317 e. The fourth-order valence-corrected chi connectivity index (χ4v) is 3.45. The molecule has 20 heavy (non-hydrogen) atoms. The molecule has 1 unspecified atom stereocenters. The monoisotopic (exact) mass is 273 g/mol. The van der Waals surface area contributed by atoms with Crippen molar-refractivity contribution >= 4 is 5.78 Å². The SMILES string of the molecule is Cc1ccc(C(=O)C2CCCN2C2CCNCC2)cn1. The van der Waals surface area contributed by atoms with Gasteiger partial charge in [0.25, 0.3) is 0 Å². The van der Waals surface area contributed by atoms with Crippen molar-refractivity contribution < 1.29 is 4.79 Å². The fourth-order valence-electron chi connectivity index (χ4n) is 3.45. The molecule has 1 atom stereocenters. The molecule has 0 spiro atoms. The third kappa shape index (κ3) is 2.76. The van der Waals surface area contributed by atoms with E-state index < -0.39 is 0 Å². The number of hydrogen-bond acceptors (Lipinski definition) is 4. The van der Waals surface area contributed by atoms with Crippen LogP contribution in [0.2, 0.25) is 0 Å². The van der Waals surface area contributed by atoms with Crippen LogP contribution < -0.4 is 5.32 Å². The minimum absolute atomic E-state index is 0.0719. The summed E-state index contributed by atoms with van der Waals surface area (Å²) in [5.41, 5.74) is 1.73. The van der Waals surface area contributed by atoms with Gasteiger partial charge in [0.1, 0.15) is 0 Å². The summed E-state index contributed by atoms with van der Waals surface area (Å²) < 4.78 is 0. The minimum atomic E-state index is 0.0719. The van der Waals surface area contributed by atoms with Crippen molar-refractivity contribution in [3.63, 3.8) is 0 Å². The molecule has 4 nitrogen and oxygen atoms in total. The van der Waals surface area contributed by atoms with Crippen LogP contribution in [-0.2, 0) is 0 Å². The lowest BCUT2D eigenvalue weighted by molar-refractivity contribution is 0.0783. The lowest BCUT2D eigenvalue weighted by atomic mass is 9.99. The van der Waals surface area contributed by atoms with E-state index in [2.05, 4.69) is 15.2 Å². The highest BCUT2D eigenvalue weighted by Gasteiger charge is 2.36. The Morgan fingerprint density at radius 3 is 2.80 bits per heavy atom. The number of aryl methyl sites for hydroxylation is 1. The number of carbonyl (C=O) groups excluding carboxylic acids is 1. The topological polar surface area (TPSA) is 45.2 Å². The zero-order chi connectivity index (χ0) is 13.9. The Morgan fingerprint density at radius 1 is 1.30 bits per heavy atom. The first kappa shape index (κ1) is 13.7. The number of hydrogen-bond donors (Lipinski definition) is 1. The van der Waals surface area contributed by atoms with Crippen LogP contribution >= 0.6 is 0 Å². The number of nitrogens with zero attached hydrogens (tertiary/aromatic N) is 2. The van der Waals surface area contributed by atoms with Gasteiger partial charge >= 0.3 is 0 Å². The molecule has 0 aliphatic carbocycles. The molecule has 2 aliphatic heterocycles. The molecular formula is C16H23N3O. The van der Waals surface area contributed by atoms with Crippen LogP contribution in [0.3, 0.4) is 0 Å². The molecule has 3 rings (SSSR count). The van der Waals surface area contributed by atoms with Crippen LogP contribution in [-0.4, -0.2) is 47.4 Å². The first-order valence-corrected chi connectivity index (χ1v) is 7.69. The third-order valence-electron chi connectivity index (χ3n) is 4.57. The molecule has 4 heteroatoms. The highest BCUT2D eigenvalue weighted by Crippen LogP contribution is 2.26. The zero-order valence-electron chi connectivity index (χ0n) is 12.1. The molecule has 2 saturated heterocycles. The van der Waals surface area contributed by atoms with Crippen molar-refractivity contribution in [1.82, 2.24) is 15.2 Å². The summed E-state index contributed by atoms with van der Waals surface area (Å²) in [6.07, 6.45) is 6.19. The van der Waals surface area contributed by atoms with Crippen molar-refractivity contribution in [2.24, 2.45) is 0 Å². The molecule has 108 valence electrons. The van der Waals surface area contributed by atoms with Crippen LogP contribution in [0.15, 0.2) is 18.3 Å². The van der Waals surface area contributed by atoms with Crippen LogP contribution in [0, 0.1) is 6.92 Å². The molecule has 0 radical (unpaired) electrons. The number of ketones is 1. The number of piperidine rings is 1. The quantitative estimate of drug-likeness (QED) is 0.853. The Kier molecular flexibility index (Phi) is 4.13. The third-order valence-corrected chi connectivity index (χ3v) is 4.57. The van der Waals surface area contributed by atoms with Crippen molar-refractivity contribution in [3.8, 4) is 0 Å². The number of rotatable bonds is 3. The van der Waals surface area contributed by atoms with Crippen LogP contribution in [0.1, 0.15) is 41.7 Å². The van der Waals surface area contributed by atoms with Gasteiger partial charge in [0.2, 0.25) is 0 Å². The van der Waals surface area contributed by atoms with Crippen LogP contribution in [0.25, 0.3) is 0 Å². The molecule has 0 bridgehead atoms. The first-order chi connectivity index (χ1) is 9.75. The van der Waals surface area contributed by atoms with E-state index in [1.54, 1.807) is 6.20 Å². The van der Waals surface area contributed by atoms with Crippen LogP contribution in [0.5, 0.6) is 0 Å². The molecule has 0 aromatic carbocycles. The number of carbonyl (C=O) groups is 1. The van der Waals surface area contributed by atoms with Crippen molar-refractivity contribution in [3.05, 3.63) is 29.6 Å². The summed E-state index contributed by atoms with van der Waals surface area (Å²) in [5.74, 6) is 0.258. The number of nitrogens with one attached hydrogen (secondary N) is 1. The second-order valence-corrected chi connectivity index (χ2v) is 5.93. The molecule has 1 N–H and O–H groups in total. The Balaban J connectivity index is 1.74. The Bertz CT molecular complexity index is 465. The maximum atomic E-state index is 12.7. The summed E-state index contributed by atoms with van der Waals surface area (Å²) in [6.45, 7) is 5.17. The van der Waals surface area contributed by atoms with E-state index >= 15 is 0 Å². The van der Waals surface area contributed by atoms with E-state index in [4.69, 9.17) is 0 Å². The maximum absolute atomic E-state index is 12.7. The number of aromatic nitrogens is 1. The van der Waals surface area contributed by atoms with Gasteiger partial charge in [0.05, 0.1) is 6.04 Å². The highest BCUT2D eigenvalue weighted by atomic mass is 16.1. The van der Waals surface area contributed by atoms with Crippen molar-refractivity contribution in [2.75, 3.05) is 19.6 Å². The van der Waals surface area contributed by atoms with Gasteiger partial charge in [-0.1, -0.05) is 0 Å². The lowest BCUT2D eigenvalue weighted by Crippen LogP contribution is -2.47. The van der Waals surface area contributed by atoms with Crippen LogP contribution in [0.4, 0.5) is 0 Å². The van der Waals surface area contributed by atoms with Crippen molar-refractivity contribution in [1.29, 1.82) is 0 Å². The normalized spacial score (nSPS) is 24.9. The Morgan fingerprint density at radius 2 is 2.10 bits per heavy atom. The zero-order valence-corrected chi connectivity index (χ0v) is 12.1. The first-order valence-electron chi connectivity index (χ1n) is 7.69. The standard InChI is InChI=1S/C16H23N3O/c1-12-4-5-13(11-18-12)16(20)15-3-2-10-19(15)14-6-8-17-9-7-14/h4-5,11,14-15,17H,2-3,6-10H2,1H3. The van der Waals surface area contributed by atoms with Gasteiger partial charge in [0.15, 0.2) is 5.78 Å². The second kappa shape index (κ2) is 6.02. The molecular weight excluding hydrogens is 250 g/mol. The number of pyridine rings is 1. The largest absolute Gasteiger partial charge is 0.317 e. The van der Waals surface area contributed by atoms with Gasteiger partial charge in [-0.25, -0.2) is 0 Å². The van der Waals surface area contributed by atoms with E-state index in [1.165, 1.54) is 0 Å². The van der Waals surface area contributed by atoms with Gasteiger partial charge < -0.3 is 5.32 Å². The summed E-state index contributed by atoms with van der Waals surface area (Å²) in [6, 6.07) is 4.49. The lowest BCUT2D eigenvalue weighted by Gasteiger charge is -2.35. The van der Waals surface area contributed by atoms with E-state index in [9.17, 15) is 4.79 Å². The molecule has 0 amide bonds. The van der Waals surface area contributed by atoms with Crippen molar-refractivity contribution in [2.45, 2.75) is 44.7 Å². The number of likely N-dealkylation sites (tertiary alicyclic amines) is 1. The summed E-state index contributed by atoms with van der Waals surface area (Å²) in [7, 11) is 0. The van der Waals surface area contributed by atoms with E-state index in [0.29, 0.717) is 6.04 Å². The smallest absolute Gasteiger partial charge is 0.181 e. The molecule has 1 aromatic rings. The summed E-state index contributed by atoms with van der Waals surface area (Å²) in [5, 5.41) is 3.40.